The minimum absolute atomic E-state index is 0.0516. The van der Waals surface area contributed by atoms with E-state index in [1.165, 1.54) is 17.3 Å². The Labute approximate surface area is 93.8 Å². The molecule has 0 aliphatic carbocycles. The van der Waals surface area contributed by atoms with Gasteiger partial charge in [-0.3, -0.25) is 14.7 Å². The Balaban J connectivity index is 2.67. The van der Waals surface area contributed by atoms with Crippen molar-refractivity contribution in [3.63, 3.8) is 0 Å². The zero-order valence-corrected chi connectivity index (χ0v) is 9.27. The number of carbonyl (C=O) groups is 2. The van der Waals surface area contributed by atoms with Crippen LogP contribution in [0.1, 0.15) is 30.1 Å². The van der Waals surface area contributed by atoms with Gasteiger partial charge >= 0.3 is 0 Å². The van der Waals surface area contributed by atoms with E-state index in [1.807, 2.05) is 6.92 Å². The van der Waals surface area contributed by atoms with Crippen molar-refractivity contribution >= 4 is 11.8 Å². The Morgan fingerprint density at radius 1 is 1.56 bits per heavy atom. The van der Waals surface area contributed by atoms with Crippen LogP contribution in [0.3, 0.4) is 0 Å². The van der Waals surface area contributed by atoms with Crippen LogP contribution in [0.2, 0.25) is 0 Å². The number of nitrogens with two attached hydrogens (primary N) is 1. The van der Waals surface area contributed by atoms with Gasteiger partial charge in [-0.1, -0.05) is 13.3 Å². The van der Waals surface area contributed by atoms with Crippen molar-refractivity contribution in [1.29, 1.82) is 0 Å². The fraction of sp³-hybridized carbons (Fsp3) is 0.500. The second-order valence-electron chi connectivity index (χ2n) is 3.53. The van der Waals surface area contributed by atoms with E-state index >= 15 is 0 Å². The van der Waals surface area contributed by atoms with E-state index in [0.717, 1.165) is 12.8 Å². The number of primary amides is 1. The lowest BCUT2D eigenvalue weighted by molar-refractivity contribution is -0.118. The van der Waals surface area contributed by atoms with E-state index in [1.54, 1.807) is 0 Å². The molecule has 3 N–H and O–H groups in total. The van der Waals surface area contributed by atoms with E-state index in [4.69, 9.17) is 5.73 Å². The van der Waals surface area contributed by atoms with Gasteiger partial charge in [0, 0.05) is 12.7 Å². The molecule has 1 heterocycles. The van der Waals surface area contributed by atoms with Gasteiger partial charge in [0.1, 0.15) is 0 Å². The molecule has 1 aromatic rings. The zero-order valence-electron chi connectivity index (χ0n) is 9.27. The van der Waals surface area contributed by atoms with Crippen LogP contribution in [0, 0.1) is 0 Å². The van der Waals surface area contributed by atoms with Gasteiger partial charge in [0.15, 0.2) is 0 Å². The van der Waals surface area contributed by atoms with Crippen molar-refractivity contribution < 1.29 is 9.59 Å². The molecule has 0 atom stereocenters. The van der Waals surface area contributed by atoms with Crippen LogP contribution in [0.25, 0.3) is 0 Å². The number of hydrogen-bond acceptors (Lipinski definition) is 3. The molecular weight excluding hydrogens is 208 g/mol. The van der Waals surface area contributed by atoms with E-state index in [0.29, 0.717) is 12.1 Å². The molecule has 0 saturated heterocycles. The molecule has 16 heavy (non-hydrogen) atoms. The Hall–Kier alpha value is -1.85. The van der Waals surface area contributed by atoms with Crippen molar-refractivity contribution in [2.45, 2.75) is 19.8 Å². The third-order valence-electron chi connectivity index (χ3n) is 2.16. The number of nitrogens with one attached hydrogen (secondary N) is 1. The smallest absolute Gasteiger partial charge is 0.257 e. The number of unbranched alkanes of at least 4 members (excludes halogenated alkanes) is 1. The Morgan fingerprint density at radius 3 is 2.81 bits per heavy atom. The lowest BCUT2D eigenvalue weighted by Crippen LogP contribution is -2.38. The number of carbonyl (C=O) groups excluding carboxylic acids is 2. The van der Waals surface area contributed by atoms with Crippen LogP contribution in [0.5, 0.6) is 0 Å². The summed E-state index contributed by atoms with van der Waals surface area (Å²) in [7, 11) is 0. The van der Waals surface area contributed by atoms with Gasteiger partial charge in [-0.25, -0.2) is 0 Å². The highest BCUT2D eigenvalue weighted by Gasteiger charge is 2.17. The molecule has 0 radical (unpaired) electrons. The second-order valence-corrected chi connectivity index (χ2v) is 3.53. The number of rotatable bonds is 6. The maximum atomic E-state index is 11.9. The van der Waals surface area contributed by atoms with Gasteiger partial charge in [-0.15, -0.1) is 0 Å². The summed E-state index contributed by atoms with van der Waals surface area (Å²) < 4.78 is 0. The van der Waals surface area contributed by atoms with Gasteiger partial charge in [0.05, 0.1) is 18.3 Å². The monoisotopic (exact) mass is 224 g/mol. The molecule has 0 aliphatic rings. The number of hydrogen-bond donors (Lipinski definition) is 2. The summed E-state index contributed by atoms with van der Waals surface area (Å²) in [6, 6.07) is 0. The summed E-state index contributed by atoms with van der Waals surface area (Å²) >= 11 is 0. The van der Waals surface area contributed by atoms with Crippen molar-refractivity contribution in [2.75, 3.05) is 13.1 Å². The molecule has 0 fully saturated rings. The summed E-state index contributed by atoms with van der Waals surface area (Å²) in [6.07, 6.45) is 4.73. The van der Waals surface area contributed by atoms with E-state index in [2.05, 4.69) is 10.2 Å². The molecule has 6 heteroatoms. The third kappa shape index (κ3) is 3.38. The first-order chi connectivity index (χ1) is 7.65. The first kappa shape index (κ1) is 12.2. The van der Waals surface area contributed by atoms with Gasteiger partial charge in [0.25, 0.3) is 5.91 Å². The van der Waals surface area contributed by atoms with E-state index in [9.17, 15) is 9.59 Å². The third-order valence-corrected chi connectivity index (χ3v) is 2.16. The van der Waals surface area contributed by atoms with Crippen molar-refractivity contribution in [2.24, 2.45) is 5.73 Å². The number of nitrogens with zero attached hydrogens (tertiary/aromatic N) is 2. The first-order valence-electron chi connectivity index (χ1n) is 5.21. The maximum absolute atomic E-state index is 11.9. The van der Waals surface area contributed by atoms with Crippen LogP contribution < -0.4 is 5.73 Å². The van der Waals surface area contributed by atoms with Crippen LogP contribution in [0.4, 0.5) is 0 Å². The molecule has 0 bridgehead atoms. The molecule has 0 saturated carbocycles. The van der Waals surface area contributed by atoms with Gasteiger partial charge in [-0.2, -0.15) is 5.10 Å². The standard InChI is InChI=1S/C10H16N4O2/c1-2-3-4-14(7-9(11)15)10(16)8-5-12-13-6-8/h5-6H,2-4,7H2,1H3,(H2,11,15)(H,12,13). The summed E-state index contributed by atoms with van der Waals surface area (Å²) in [5.74, 6) is -0.728. The number of H-pyrrole nitrogens is 1. The summed E-state index contributed by atoms with van der Waals surface area (Å²) in [4.78, 5) is 24.2. The molecular formula is C10H16N4O2. The second kappa shape index (κ2) is 5.89. The van der Waals surface area contributed by atoms with Crippen molar-refractivity contribution in [1.82, 2.24) is 15.1 Å². The van der Waals surface area contributed by atoms with Crippen LogP contribution >= 0.6 is 0 Å². The normalized spacial score (nSPS) is 10.1. The van der Waals surface area contributed by atoms with Crippen LogP contribution in [-0.4, -0.2) is 40.0 Å². The zero-order chi connectivity index (χ0) is 12.0. The average Bonchev–Trinajstić information content (AvgIpc) is 2.76. The van der Waals surface area contributed by atoms with Gasteiger partial charge in [-0.05, 0) is 6.42 Å². The topological polar surface area (TPSA) is 92.1 Å². The summed E-state index contributed by atoms with van der Waals surface area (Å²) in [5, 5.41) is 6.26. The lowest BCUT2D eigenvalue weighted by Gasteiger charge is -2.19. The molecule has 0 aliphatic heterocycles. The Kier molecular flexibility index (Phi) is 4.50. The molecule has 0 aromatic carbocycles. The Bertz CT molecular complexity index is 348. The number of aromatic nitrogens is 2. The highest BCUT2D eigenvalue weighted by molar-refractivity contribution is 5.95. The average molecular weight is 224 g/mol. The van der Waals surface area contributed by atoms with Crippen molar-refractivity contribution in [3.05, 3.63) is 18.0 Å². The highest BCUT2D eigenvalue weighted by atomic mass is 16.2. The van der Waals surface area contributed by atoms with E-state index < -0.39 is 5.91 Å². The quantitative estimate of drug-likeness (QED) is 0.719. The first-order valence-corrected chi connectivity index (χ1v) is 5.21. The minimum Gasteiger partial charge on any atom is -0.368 e. The number of amides is 2. The fourth-order valence-corrected chi connectivity index (χ4v) is 1.34. The predicted octanol–water partition coefficient (Wildman–Crippen LogP) is 0.137. The summed E-state index contributed by atoms with van der Waals surface area (Å²) in [6.45, 7) is 2.50. The minimum atomic E-state index is -0.507. The number of aromatic amines is 1. The molecule has 88 valence electrons. The van der Waals surface area contributed by atoms with Gasteiger partial charge in [0.2, 0.25) is 5.91 Å². The fourth-order valence-electron chi connectivity index (χ4n) is 1.34. The lowest BCUT2D eigenvalue weighted by atomic mass is 10.2. The van der Waals surface area contributed by atoms with E-state index in [-0.39, 0.29) is 12.5 Å². The maximum Gasteiger partial charge on any atom is 0.257 e. The SMILES string of the molecule is CCCCN(CC(N)=O)C(=O)c1cn[nH]c1. The van der Waals surface area contributed by atoms with Crippen LogP contribution in [0.15, 0.2) is 12.4 Å². The molecule has 0 unspecified atom stereocenters. The predicted molar refractivity (Wildman–Crippen MR) is 58.6 cm³/mol. The summed E-state index contributed by atoms with van der Waals surface area (Å²) in [5.41, 5.74) is 5.54. The molecule has 2 amide bonds. The van der Waals surface area contributed by atoms with Crippen molar-refractivity contribution in [3.8, 4) is 0 Å². The van der Waals surface area contributed by atoms with Crippen LogP contribution in [-0.2, 0) is 4.79 Å². The molecule has 1 aromatic heterocycles. The van der Waals surface area contributed by atoms with Gasteiger partial charge < -0.3 is 10.6 Å². The molecule has 1 rings (SSSR count). The largest absolute Gasteiger partial charge is 0.368 e. The molecule has 0 spiro atoms. The molecule has 6 nitrogen and oxygen atoms in total. The Morgan fingerprint density at radius 2 is 2.31 bits per heavy atom. The highest BCUT2D eigenvalue weighted by Crippen LogP contribution is 2.03.